The molecular formula is C11H17N5O. The van der Waals surface area contributed by atoms with E-state index in [1.54, 1.807) is 6.20 Å². The van der Waals surface area contributed by atoms with Gasteiger partial charge in [0.2, 0.25) is 11.7 Å². The van der Waals surface area contributed by atoms with Gasteiger partial charge in [-0.05, 0) is 5.41 Å². The summed E-state index contributed by atoms with van der Waals surface area (Å²) in [5.74, 6) is 1.57. The Bertz CT molecular complexity index is 508. The van der Waals surface area contributed by atoms with Crippen LogP contribution < -0.4 is 5.73 Å². The molecular weight excluding hydrogens is 218 g/mol. The molecule has 0 aliphatic heterocycles. The lowest BCUT2D eigenvalue weighted by Crippen LogP contribution is -2.26. The van der Waals surface area contributed by atoms with Gasteiger partial charge in [-0.25, -0.2) is 4.98 Å². The van der Waals surface area contributed by atoms with Gasteiger partial charge in [0.05, 0.1) is 6.04 Å². The summed E-state index contributed by atoms with van der Waals surface area (Å²) in [4.78, 5) is 8.45. The van der Waals surface area contributed by atoms with Crippen LogP contribution in [-0.2, 0) is 7.05 Å². The molecule has 2 heterocycles. The first-order valence-corrected chi connectivity index (χ1v) is 5.46. The topological polar surface area (TPSA) is 82.8 Å². The van der Waals surface area contributed by atoms with Gasteiger partial charge in [-0.1, -0.05) is 25.9 Å². The van der Waals surface area contributed by atoms with Crippen molar-refractivity contribution in [3.63, 3.8) is 0 Å². The summed E-state index contributed by atoms with van der Waals surface area (Å²) < 4.78 is 7.02. The average molecular weight is 235 g/mol. The highest BCUT2D eigenvalue weighted by Gasteiger charge is 2.28. The smallest absolute Gasteiger partial charge is 0.244 e. The van der Waals surface area contributed by atoms with E-state index in [9.17, 15) is 0 Å². The quantitative estimate of drug-likeness (QED) is 0.853. The Balaban J connectivity index is 2.31. The van der Waals surface area contributed by atoms with Crippen LogP contribution in [0.4, 0.5) is 0 Å². The Morgan fingerprint density at radius 1 is 1.41 bits per heavy atom. The average Bonchev–Trinajstić information content (AvgIpc) is 2.83. The third-order valence-electron chi connectivity index (χ3n) is 2.66. The van der Waals surface area contributed by atoms with Crippen LogP contribution >= 0.6 is 0 Å². The third kappa shape index (κ3) is 2.21. The van der Waals surface area contributed by atoms with E-state index in [4.69, 9.17) is 10.3 Å². The molecule has 0 saturated heterocycles. The Morgan fingerprint density at radius 2 is 2.12 bits per heavy atom. The summed E-state index contributed by atoms with van der Waals surface area (Å²) in [6.07, 6.45) is 3.52. The molecule has 6 nitrogen and oxygen atoms in total. The van der Waals surface area contributed by atoms with Crippen molar-refractivity contribution in [2.45, 2.75) is 26.8 Å². The molecule has 2 aromatic heterocycles. The van der Waals surface area contributed by atoms with Gasteiger partial charge in [-0.15, -0.1) is 0 Å². The zero-order valence-corrected chi connectivity index (χ0v) is 10.5. The largest absolute Gasteiger partial charge is 0.337 e. The molecule has 1 atom stereocenters. The zero-order chi connectivity index (χ0) is 12.6. The number of imidazole rings is 1. The van der Waals surface area contributed by atoms with Crippen molar-refractivity contribution >= 4 is 0 Å². The highest BCUT2D eigenvalue weighted by Crippen LogP contribution is 2.30. The Labute approximate surface area is 99.8 Å². The molecule has 2 rings (SSSR count). The molecule has 0 aliphatic carbocycles. The van der Waals surface area contributed by atoms with E-state index < -0.39 is 0 Å². The minimum absolute atomic E-state index is 0.120. The summed E-state index contributed by atoms with van der Waals surface area (Å²) in [6, 6.07) is -0.288. The van der Waals surface area contributed by atoms with Crippen LogP contribution in [0.1, 0.15) is 32.7 Å². The zero-order valence-electron chi connectivity index (χ0n) is 10.5. The maximum absolute atomic E-state index is 6.05. The van der Waals surface area contributed by atoms with Gasteiger partial charge in [0.1, 0.15) is 0 Å². The van der Waals surface area contributed by atoms with Gasteiger partial charge in [0.25, 0.3) is 0 Å². The maximum atomic E-state index is 6.05. The predicted molar refractivity (Wildman–Crippen MR) is 62.9 cm³/mol. The van der Waals surface area contributed by atoms with Crippen LogP contribution in [0.3, 0.4) is 0 Å². The van der Waals surface area contributed by atoms with Gasteiger partial charge < -0.3 is 14.8 Å². The second kappa shape index (κ2) is 3.96. The molecule has 0 spiro atoms. The summed E-state index contributed by atoms with van der Waals surface area (Å²) >= 11 is 0. The third-order valence-corrected chi connectivity index (χ3v) is 2.66. The summed E-state index contributed by atoms with van der Waals surface area (Å²) in [6.45, 7) is 6.09. The SMILES string of the molecule is Cn1ccnc1-c1noc([C@@H](N)C(C)(C)C)n1. The van der Waals surface area contributed by atoms with Crippen molar-refractivity contribution in [3.8, 4) is 11.6 Å². The Hall–Kier alpha value is -1.69. The highest BCUT2D eigenvalue weighted by atomic mass is 16.5. The van der Waals surface area contributed by atoms with Crippen molar-refractivity contribution in [3.05, 3.63) is 18.3 Å². The fourth-order valence-corrected chi connectivity index (χ4v) is 1.40. The molecule has 0 bridgehead atoms. The fraction of sp³-hybridized carbons (Fsp3) is 0.545. The van der Waals surface area contributed by atoms with E-state index in [0.29, 0.717) is 17.5 Å². The van der Waals surface area contributed by atoms with E-state index in [1.165, 1.54) is 0 Å². The fourth-order valence-electron chi connectivity index (χ4n) is 1.40. The molecule has 92 valence electrons. The Morgan fingerprint density at radius 3 is 2.65 bits per heavy atom. The monoisotopic (exact) mass is 235 g/mol. The lowest BCUT2D eigenvalue weighted by Gasteiger charge is -2.23. The van der Waals surface area contributed by atoms with Crippen molar-refractivity contribution in [2.24, 2.45) is 18.2 Å². The molecule has 6 heteroatoms. The van der Waals surface area contributed by atoms with Crippen LogP contribution in [0.2, 0.25) is 0 Å². The van der Waals surface area contributed by atoms with E-state index in [-0.39, 0.29) is 11.5 Å². The summed E-state index contributed by atoms with van der Waals surface area (Å²) in [7, 11) is 1.88. The molecule has 0 aliphatic rings. The molecule has 0 amide bonds. The minimum Gasteiger partial charge on any atom is -0.337 e. The number of hydrogen-bond acceptors (Lipinski definition) is 5. The van der Waals surface area contributed by atoms with E-state index in [0.717, 1.165) is 0 Å². The van der Waals surface area contributed by atoms with Gasteiger partial charge in [0, 0.05) is 19.4 Å². The van der Waals surface area contributed by atoms with Crippen LogP contribution in [-0.4, -0.2) is 19.7 Å². The lowest BCUT2D eigenvalue weighted by molar-refractivity contribution is 0.253. The van der Waals surface area contributed by atoms with Crippen LogP contribution in [0.5, 0.6) is 0 Å². The number of nitrogens with zero attached hydrogens (tertiary/aromatic N) is 4. The van der Waals surface area contributed by atoms with Crippen molar-refractivity contribution in [1.29, 1.82) is 0 Å². The van der Waals surface area contributed by atoms with Gasteiger partial charge in [-0.2, -0.15) is 4.98 Å². The van der Waals surface area contributed by atoms with E-state index in [2.05, 4.69) is 15.1 Å². The van der Waals surface area contributed by atoms with Gasteiger partial charge in [0.15, 0.2) is 5.82 Å². The Kier molecular flexibility index (Phi) is 2.74. The molecule has 0 saturated carbocycles. The van der Waals surface area contributed by atoms with Crippen molar-refractivity contribution < 1.29 is 4.52 Å². The van der Waals surface area contributed by atoms with E-state index >= 15 is 0 Å². The second-order valence-corrected chi connectivity index (χ2v) is 5.16. The number of rotatable bonds is 2. The normalized spacial score (nSPS) is 13.9. The molecule has 0 fully saturated rings. The second-order valence-electron chi connectivity index (χ2n) is 5.16. The van der Waals surface area contributed by atoms with Crippen molar-refractivity contribution in [2.75, 3.05) is 0 Å². The maximum Gasteiger partial charge on any atom is 0.244 e. The molecule has 2 N–H and O–H groups in total. The minimum atomic E-state index is -0.288. The van der Waals surface area contributed by atoms with E-state index in [1.807, 2.05) is 38.6 Å². The highest BCUT2D eigenvalue weighted by molar-refractivity contribution is 5.42. The molecule has 0 unspecified atom stereocenters. The first kappa shape index (κ1) is 11.8. The van der Waals surface area contributed by atoms with Crippen molar-refractivity contribution in [1.82, 2.24) is 19.7 Å². The summed E-state index contributed by atoms with van der Waals surface area (Å²) in [5.41, 5.74) is 5.93. The number of nitrogens with two attached hydrogens (primary N) is 1. The first-order chi connectivity index (χ1) is 7.89. The standard InChI is InChI=1S/C11H17N5O/c1-11(2,3)7(12)10-14-8(15-17-10)9-13-5-6-16(9)4/h5-7H,12H2,1-4H3/t7-/m1/s1. The lowest BCUT2D eigenvalue weighted by atomic mass is 9.87. The number of hydrogen-bond donors (Lipinski definition) is 1. The molecule has 0 aromatic carbocycles. The van der Waals surface area contributed by atoms with Gasteiger partial charge in [-0.3, -0.25) is 0 Å². The summed E-state index contributed by atoms with van der Waals surface area (Å²) in [5, 5.41) is 3.90. The first-order valence-electron chi connectivity index (χ1n) is 5.46. The molecule has 17 heavy (non-hydrogen) atoms. The number of aromatic nitrogens is 4. The molecule has 2 aromatic rings. The van der Waals surface area contributed by atoms with Crippen LogP contribution in [0, 0.1) is 5.41 Å². The predicted octanol–water partition coefficient (Wildman–Crippen LogP) is 1.52. The van der Waals surface area contributed by atoms with Crippen LogP contribution in [0.25, 0.3) is 11.6 Å². The molecule has 0 radical (unpaired) electrons. The van der Waals surface area contributed by atoms with Gasteiger partial charge >= 0.3 is 0 Å². The van der Waals surface area contributed by atoms with Crippen LogP contribution in [0.15, 0.2) is 16.9 Å². The number of aryl methyl sites for hydroxylation is 1.